The number of halogens is 5. The quantitative estimate of drug-likeness (QED) is 0.577. The zero-order chi connectivity index (χ0) is 21.5. The van der Waals surface area contributed by atoms with E-state index in [4.69, 9.17) is 0 Å². The molecule has 3 aromatic rings. The summed E-state index contributed by atoms with van der Waals surface area (Å²) in [4.78, 5) is 15.6. The molecule has 14 heteroatoms. The lowest BCUT2D eigenvalue weighted by molar-refractivity contribution is -0.146. The third kappa shape index (κ3) is 3.89. The molecule has 1 aliphatic heterocycles. The van der Waals surface area contributed by atoms with Crippen LogP contribution >= 0.6 is 0 Å². The van der Waals surface area contributed by atoms with Crippen LogP contribution in [0.2, 0.25) is 0 Å². The number of hydrogen-bond acceptors (Lipinski definition) is 7. The van der Waals surface area contributed by atoms with E-state index >= 15 is 0 Å². The molecule has 0 atom stereocenters. The van der Waals surface area contributed by atoms with Gasteiger partial charge in [-0.2, -0.15) is 22.8 Å². The molecule has 1 saturated heterocycles. The lowest BCUT2D eigenvalue weighted by Crippen LogP contribution is -2.47. The molecule has 4 heterocycles. The lowest BCUT2D eigenvalue weighted by atomic mass is 10.3. The zero-order valence-corrected chi connectivity index (χ0v) is 15.3. The second-order valence-corrected chi connectivity index (χ2v) is 6.58. The summed E-state index contributed by atoms with van der Waals surface area (Å²) in [6, 6.07) is 4.21. The molecule has 0 N–H and O–H groups in total. The highest BCUT2D eigenvalue weighted by Crippen LogP contribution is 2.28. The van der Waals surface area contributed by atoms with Crippen molar-refractivity contribution in [3.8, 4) is 0 Å². The molecule has 0 amide bonds. The summed E-state index contributed by atoms with van der Waals surface area (Å²) in [6.07, 6.45) is -6.02. The van der Waals surface area contributed by atoms with E-state index in [0.717, 1.165) is 0 Å². The molecule has 0 unspecified atom stereocenters. The van der Waals surface area contributed by atoms with Crippen LogP contribution in [-0.4, -0.2) is 62.2 Å². The number of aromatic nitrogens is 6. The Morgan fingerprint density at radius 3 is 2.37 bits per heavy atom. The first-order valence-corrected chi connectivity index (χ1v) is 8.87. The Hall–Kier alpha value is -3.32. The first-order valence-electron chi connectivity index (χ1n) is 8.87. The molecule has 1 aliphatic rings. The summed E-state index contributed by atoms with van der Waals surface area (Å²) in [5.41, 5.74) is -0.151. The van der Waals surface area contributed by atoms with Gasteiger partial charge in [0.15, 0.2) is 5.65 Å². The van der Waals surface area contributed by atoms with E-state index in [1.54, 1.807) is 11.0 Å². The minimum atomic E-state index is -4.68. The van der Waals surface area contributed by atoms with Gasteiger partial charge in [0.05, 0.1) is 11.9 Å². The van der Waals surface area contributed by atoms with Crippen molar-refractivity contribution in [2.24, 2.45) is 0 Å². The minimum absolute atomic E-state index is 0.0138. The van der Waals surface area contributed by atoms with E-state index in [2.05, 4.69) is 20.4 Å². The van der Waals surface area contributed by atoms with Gasteiger partial charge in [0.25, 0.3) is 17.8 Å². The summed E-state index contributed by atoms with van der Waals surface area (Å²) < 4.78 is 65.3. The molecule has 1 fully saturated rings. The second kappa shape index (κ2) is 7.50. The molecule has 0 aromatic carbocycles. The highest BCUT2D eigenvalue weighted by atomic mass is 19.4. The summed E-state index contributed by atoms with van der Waals surface area (Å²) in [6.45, 7) is 0.941. The van der Waals surface area contributed by atoms with Crippen molar-refractivity contribution in [1.29, 1.82) is 0 Å². The lowest BCUT2D eigenvalue weighted by Gasteiger charge is -2.36. The van der Waals surface area contributed by atoms with Crippen molar-refractivity contribution in [2.75, 3.05) is 36.0 Å². The number of alkyl halides is 5. The van der Waals surface area contributed by atoms with E-state index in [-0.39, 0.29) is 5.65 Å². The highest BCUT2D eigenvalue weighted by molar-refractivity contribution is 5.49. The van der Waals surface area contributed by atoms with Crippen LogP contribution < -0.4 is 15.4 Å². The Bertz CT molecular complexity index is 1100. The van der Waals surface area contributed by atoms with Gasteiger partial charge >= 0.3 is 6.18 Å². The van der Waals surface area contributed by atoms with Crippen molar-refractivity contribution in [3.05, 3.63) is 40.6 Å². The predicted molar refractivity (Wildman–Crippen MR) is 94.7 cm³/mol. The van der Waals surface area contributed by atoms with Crippen LogP contribution in [0.3, 0.4) is 0 Å². The van der Waals surface area contributed by atoms with Gasteiger partial charge in [-0.05, 0) is 12.1 Å². The monoisotopic (exact) mass is 430 g/mol. The normalized spacial score (nSPS) is 15.4. The Kier molecular flexibility index (Phi) is 4.99. The fourth-order valence-electron chi connectivity index (χ4n) is 3.18. The predicted octanol–water partition coefficient (Wildman–Crippen LogP) is 1.29. The number of anilines is 2. The Morgan fingerprint density at radius 1 is 1.03 bits per heavy atom. The third-order valence-electron chi connectivity index (χ3n) is 4.64. The van der Waals surface area contributed by atoms with Crippen molar-refractivity contribution >= 4 is 17.2 Å². The highest BCUT2D eigenvalue weighted by Gasteiger charge is 2.37. The van der Waals surface area contributed by atoms with Gasteiger partial charge < -0.3 is 9.80 Å². The average molecular weight is 430 g/mol. The molecule has 0 radical (unpaired) electrons. The Balaban J connectivity index is 1.48. The zero-order valence-electron chi connectivity index (χ0n) is 15.3. The van der Waals surface area contributed by atoms with Crippen LogP contribution in [0.1, 0.15) is 5.82 Å². The summed E-state index contributed by atoms with van der Waals surface area (Å²) in [5.74, 6) is -0.869. The number of piperazine rings is 1. The van der Waals surface area contributed by atoms with Crippen LogP contribution in [0.15, 0.2) is 29.2 Å². The summed E-state index contributed by atoms with van der Waals surface area (Å²) in [7, 11) is 0. The Morgan fingerprint density at radius 2 is 1.73 bits per heavy atom. The van der Waals surface area contributed by atoms with Gasteiger partial charge in [-0.15, -0.1) is 15.3 Å². The van der Waals surface area contributed by atoms with Crippen LogP contribution in [-0.2, 0) is 12.7 Å². The van der Waals surface area contributed by atoms with Crippen LogP contribution in [0.25, 0.3) is 5.65 Å². The van der Waals surface area contributed by atoms with Gasteiger partial charge in [-0.3, -0.25) is 4.79 Å². The molecule has 0 aliphatic carbocycles. The summed E-state index contributed by atoms with van der Waals surface area (Å²) in [5, 5.41) is 14.4. The van der Waals surface area contributed by atoms with Crippen LogP contribution in [0, 0.1) is 0 Å². The first kappa shape index (κ1) is 20.0. The topological polar surface area (TPSA) is 84.5 Å². The summed E-state index contributed by atoms with van der Waals surface area (Å²) >= 11 is 0. The maximum atomic E-state index is 13.0. The molecule has 9 nitrogen and oxygen atoms in total. The van der Waals surface area contributed by atoms with Gasteiger partial charge in [0, 0.05) is 32.2 Å². The van der Waals surface area contributed by atoms with E-state index in [9.17, 15) is 26.7 Å². The molecule has 0 saturated carbocycles. The van der Waals surface area contributed by atoms with Crippen LogP contribution in [0.4, 0.5) is 33.5 Å². The van der Waals surface area contributed by atoms with Gasteiger partial charge in [0.2, 0.25) is 0 Å². The number of rotatable bonds is 4. The van der Waals surface area contributed by atoms with Gasteiger partial charge in [0.1, 0.15) is 12.4 Å². The van der Waals surface area contributed by atoms with Gasteiger partial charge in [-0.25, -0.2) is 13.5 Å². The molecule has 160 valence electrons. The maximum absolute atomic E-state index is 13.0. The van der Waals surface area contributed by atoms with Crippen molar-refractivity contribution in [2.45, 2.75) is 19.1 Å². The molecule has 0 spiro atoms. The second-order valence-electron chi connectivity index (χ2n) is 6.58. The van der Waals surface area contributed by atoms with Crippen molar-refractivity contribution in [3.63, 3.8) is 0 Å². The fourth-order valence-corrected chi connectivity index (χ4v) is 3.18. The Labute approximate surface area is 165 Å². The molecular weight excluding hydrogens is 415 g/mol. The SMILES string of the molecule is O=c1cc(N2CCN(c3ccc4nnc(C(F)(F)F)n4n3)CC2)cnn1CC(F)F. The van der Waals surface area contributed by atoms with Crippen molar-refractivity contribution in [1.82, 2.24) is 29.6 Å². The molecular formula is C16H15F5N8O. The molecule has 30 heavy (non-hydrogen) atoms. The number of hydrogen-bond donors (Lipinski definition) is 0. The molecule has 4 rings (SSSR count). The van der Waals surface area contributed by atoms with Crippen LogP contribution in [0.5, 0.6) is 0 Å². The van der Waals surface area contributed by atoms with Crippen molar-refractivity contribution < 1.29 is 22.0 Å². The average Bonchev–Trinajstić information content (AvgIpc) is 3.13. The molecule has 3 aromatic heterocycles. The fraction of sp³-hybridized carbons (Fsp3) is 0.438. The van der Waals surface area contributed by atoms with E-state index in [1.807, 2.05) is 4.90 Å². The minimum Gasteiger partial charge on any atom is -0.367 e. The standard InChI is InChI=1S/C16H15F5N8O/c17-11(18)9-28-14(30)7-10(8-22-28)26-3-5-27(6-4-26)13-2-1-12-23-24-15(16(19,20)21)29(12)25-13/h1-2,7-8,11H,3-6,9H2. The third-order valence-corrected chi connectivity index (χ3v) is 4.64. The number of fused-ring (bicyclic) bond motifs is 1. The largest absolute Gasteiger partial charge is 0.453 e. The number of nitrogens with zero attached hydrogens (tertiary/aromatic N) is 8. The smallest absolute Gasteiger partial charge is 0.367 e. The van der Waals surface area contributed by atoms with E-state index in [0.29, 0.717) is 46.9 Å². The van der Waals surface area contributed by atoms with Gasteiger partial charge in [-0.1, -0.05) is 0 Å². The maximum Gasteiger partial charge on any atom is 0.453 e. The van der Waals surface area contributed by atoms with E-state index < -0.39 is 30.5 Å². The molecule has 0 bridgehead atoms. The first-order chi connectivity index (χ1) is 14.2. The van der Waals surface area contributed by atoms with E-state index in [1.165, 1.54) is 18.3 Å².